The van der Waals surface area contributed by atoms with E-state index in [1.165, 1.54) is 0 Å². The van der Waals surface area contributed by atoms with E-state index in [9.17, 15) is 9.59 Å². The number of aromatic nitrogens is 1. The number of pyridine rings is 1. The van der Waals surface area contributed by atoms with Crippen molar-refractivity contribution in [2.45, 2.75) is 18.6 Å². The number of carbonyl (C=O) groups is 2. The molecule has 1 aromatic carbocycles. The molecule has 1 N–H and O–H groups in total. The fourth-order valence-corrected chi connectivity index (χ4v) is 3.43. The fourth-order valence-electron chi connectivity index (χ4n) is 2.57. The summed E-state index contributed by atoms with van der Waals surface area (Å²) in [5, 5.41) is 5.68. The first-order valence-corrected chi connectivity index (χ1v) is 9.83. The third-order valence-corrected chi connectivity index (χ3v) is 5.10. The van der Waals surface area contributed by atoms with Gasteiger partial charge in [0.1, 0.15) is 12.4 Å². The summed E-state index contributed by atoms with van der Waals surface area (Å²) in [4.78, 5) is 32.2. The maximum atomic E-state index is 11.6. The van der Waals surface area contributed by atoms with E-state index in [-0.39, 0.29) is 16.4 Å². The largest absolute Gasteiger partial charge is 0.490 e. The lowest BCUT2D eigenvalue weighted by Crippen LogP contribution is -2.25. The molecule has 1 fully saturated rings. The van der Waals surface area contributed by atoms with Crippen LogP contribution in [0.2, 0.25) is 0 Å². The summed E-state index contributed by atoms with van der Waals surface area (Å²) < 4.78 is 10.6. The number of methoxy groups -OCH3 is 1. The molecule has 0 bridgehead atoms. The van der Waals surface area contributed by atoms with Crippen molar-refractivity contribution < 1.29 is 23.9 Å². The lowest BCUT2D eigenvalue weighted by atomic mass is 10.1. The second-order valence-electron chi connectivity index (χ2n) is 6.18. The molecular weight excluding hydrogens is 394 g/mol. The standard InChI is InChI=1S/C20H21N3O5S/c1-13(15-5-8-18(26-2)21-12-15)23-28-10-9-27-16-6-3-14(4-7-16)11-17-19(24)22-20(25)29-17/h3-8,12,17H,9-11H2,1-2H3,(H,22,24,25)/b23-13+. The average molecular weight is 415 g/mol. The van der Waals surface area contributed by atoms with Crippen LogP contribution in [-0.4, -0.2) is 47.4 Å². The summed E-state index contributed by atoms with van der Waals surface area (Å²) >= 11 is 1.02. The van der Waals surface area contributed by atoms with E-state index in [0.29, 0.717) is 37.0 Å². The zero-order valence-electron chi connectivity index (χ0n) is 16.1. The number of imide groups is 1. The molecule has 1 saturated heterocycles. The number of benzene rings is 1. The van der Waals surface area contributed by atoms with Gasteiger partial charge in [-0.05, 0) is 37.1 Å². The van der Waals surface area contributed by atoms with Gasteiger partial charge in [0, 0.05) is 17.8 Å². The van der Waals surface area contributed by atoms with E-state index in [2.05, 4.69) is 15.5 Å². The van der Waals surface area contributed by atoms with Crippen LogP contribution in [0.5, 0.6) is 11.6 Å². The number of thioether (sulfide) groups is 1. The van der Waals surface area contributed by atoms with Gasteiger partial charge in [-0.3, -0.25) is 14.9 Å². The minimum absolute atomic E-state index is 0.237. The molecule has 152 valence electrons. The lowest BCUT2D eigenvalue weighted by molar-refractivity contribution is -0.118. The van der Waals surface area contributed by atoms with E-state index < -0.39 is 0 Å². The van der Waals surface area contributed by atoms with Gasteiger partial charge in [0.05, 0.1) is 18.1 Å². The van der Waals surface area contributed by atoms with Gasteiger partial charge in [-0.15, -0.1) is 0 Å². The minimum atomic E-state index is -0.371. The number of rotatable bonds is 9. The highest BCUT2D eigenvalue weighted by Crippen LogP contribution is 2.23. The van der Waals surface area contributed by atoms with Crippen LogP contribution in [0.15, 0.2) is 47.8 Å². The lowest BCUT2D eigenvalue weighted by Gasteiger charge is -2.08. The molecule has 29 heavy (non-hydrogen) atoms. The number of hydrogen-bond donors (Lipinski definition) is 1. The molecule has 9 heteroatoms. The molecule has 0 saturated carbocycles. The van der Waals surface area contributed by atoms with Crippen molar-refractivity contribution in [1.29, 1.82) is 0 Å². The first-order valence-electron chi connectivity index (χ1n) is 8.95. The molecule has 8 nitrogen and oxygen atoms in total. The number of carbonyl (C=O) groups excluding carboxylic acids is 2. The van der Waals surface area contributed by atoms with Crippen LogP contribution in [-0.2, 0) is 16.1 Å². The Morgan fingerprint density at radius 3 is 2.59 bits per heavy atom. The first-order chi connectivity index (χ1) is 14.0. The highest BCUT2D eigenvalue weighted by atomic mass is 32.2. The van der Waals surface area contributed by atoms with Crippen molar-refractivity contribution in [3.8, 4) is 11.6 Å². The molecule has 2 aromatic rings. The first kappa shape index (κ1) is 20.7. The Bertz CT molecular complexity index is 884. The molecule has 2 amide bonds. The van der Waals surface area contributed by atoms with Crippen LogP contribution in [0.4, 0.5) is 4.79 Å². The van der Waals surface area contributed by atoms with Crippen LogP contribution < -0.4 is 14.8 Å². The third-order valence-electron chi connectivity index (χ3n) is 4.12. The number of hydrogen-bond acceptors (Lipinski definition) is 8. The average Bonchev–Trinajstić information content (AvgIpc) is 3.05. The molecule has 3 rings (SSSR count). The van der Waals surface area contributed by atoms with Crippen LogP contribution in [0.25, 0.3) is 0 Å². The van der Waals surface area contributed by atoms with Crippen LogP contribution >= 0.6 is 11.8 Å². The smallest absolute Gasteiger partial charge is 0.286 e. The van der Waals surface area contributed by atoms with E-state index in [1.54, 1.807) is 19.4 Å². The number of nitrogens with zero attached hydrogens (tertiary/aromatic N) is 2. The van der Waals surface area contributed by atoms with Gasteiger partial charge in [0.2, 0.25) is 11.8 Å². The molecule has 1 aliphatic heterocycles. The quantitative estimate of drug-likeness (QED) is 0.382. The molecule has 1 unspecified atom stereocenters. The van der Waals surface area contributed by atoms with Crippen molar-refractivity contribution >= 4 is 28.6 Å². The molecule has 0 radical (unpaired) electrons. The molecule has 0 spiro atoms. The van der Waals surface area contributed by atoms with Gasteiger partial charge < -0.3 is 14.3 Å². The molecular formula is C20H21N3O5S. The summed E-state index contributed by atoms with van der Waals surface area (Å²) in [6.07, 6.45) is 2.17. The van der Waals surface area contributed by atoms with Gasteiger partial charge in [-0.2, -0.15) is 0 Å². The van der Waals surface area contributed by atoms with Crippen molar-refractivity contribution in [1.82, 2.24) is 10.3 Å². The second kappa shape index (κ2) is 9.92. The molecule has 0 aliphatic carbocycles. The van der Waals surface area contributed by atoms with Crippen molar-refractivity contribution in [2.75, 3.05) is 20.3 Å². The number of nitrogens with one attached hydrogen (secondary N) is 1. The van der Waals surface area contributed by atoms with E-state index >= 15 is 0 Å². The Morgan fingerprint density at radius 1 is 1.17 bits per heavy atom. The predicted molar refractivity (Wildman–Crippen MR) is 110 cm³/mol. The Morgan fingerprint density at radius 2 is 1.97 bits per heavy atom. The van der Waals surface area contributed by atoms with Gasteiger partial charge in [-0.25, -0.2) is 4.98 Å². The summed E-state index contributed by atoms with van der Waals surface area (Å²) in [7, 11) is 1.56. The molecule has 1 atom stereocenters. The number of ether oxygens (including phenoxy) is 2. The maximum Gasteiger partial charge on any atom is 0.286 e. The third kappa shape index (κ3) is 5.95. The van der Waals surface area contributed by atoms with Crippen LogP contribution in [0.1, 0.15) is 18.1 Å². The minimum Gasteiger partial charge on any atom is -0.490 e. The summed E-state index contributed by atoms with van der Waals surface area (Å²) in [5.41, 5.74) is 2.51. The monoisotopic (exact) mass is 415 g/mol. The van der Waals surface area contributed by atoms with Crippen LogP contribution in [0.3, 0.4) is 0 Å². The zero-order chi connectivity index (χ0) is 20.6. The number of oxime groups is 1. The normalized spacial score (nSPS) is 16.5. The van der Waals surface area contributed by atoms with Gasteiger partial charge >= 0.3 is 0 Å². The summed E-state index contributed by atoms with van der Waals surface area (Å²) in [6.45, 7) is 2.47. The highest BCUT2D eigenvalue weighted by Gasteiger charge is 2.31. The van der Waals surface area contributed by atoms with Crippen LogP contribution in [0, 0.1) is 0 Å². The van der Waals surface area contributed by atoms with Crippen molar-refractivity contribution in [2.24, 2.45) is 5.16 Å². The highest BCUT2D eigenvalue weighted by molar-refractivity contribution is 8.15. The zero-order valence-corrected chi connectivity index (χ0v) is 16.9. The Hall–Kier alpha value is -3.07. The molecule has 1 aliphatic rings. The predicted octanol–water partition coefficient (Wildman–Crippen LogP) is 2.80. The topological polar surface area (TPSA) is 99.1 Å². The molecule has 1 aromatic heterocycles. The Kier molecular flexibility index (Phi) is 7.07. The van der Waals surface area contributed by atoms with Crippen molar-refractivity contribution in [3.05, 3.63) is 53.7 Å². The van der Waals surface area contributed by atoms with E-state index in [0.717, 1.165) is 22.9 Å². The van der Waals surface area contributed by atoms with E-state index in [4.69, 9.17) is 14.3 Å². The fraction of sp³-hybridized carbons (Fsp3) is 0.300. The summed E-state index contributed by atoms with van der Waals surface area (Å²) in [5.74, 6) is 0.997. The number of amides is 2. The summed E-state index contributed by atoms with van der Waals surface area (Å²) in [6, 6.07) is 11.0. The SMILES string of the molecule is COc1ccc(/C(C)=N/OCCOc2ccc(CC3SC(=O)NC3=O)cc2)cn1. The van der Waals surface area contributed by atoms with Gasteiger partial charge in [0.25, 0.3) is 5.24 Å². The maximum absolute atomic E-state index is 11.6. The van der Waals surface area contributed by atoms with E-state index in [1.807, 2.05) is 37.3 Å². The Balaban J connectivity index is 1.40. The van der Waals surface area contributed by atoms with Crippen molar-refractivity contribution in [3.63, 3.8) is 0 Å². The van der Waals surface area contributed by atoms with Gasteiger partial charge in [-0.1, -0.05) is 29.1 Å². The van der Waals surface area contributed by atoms with Gasteiger partial charge in [0.15, 0.2) is 6.61 Å². The Labute approximate surface area is 172 Å². The molecule has 2 heterocycles. The second-order valence-corrected chi connectivity index (χ2v) is 7.35.